The lowest BCUT2D eigenvalue weighted by Crippen LogP contribution is -2.36. The quantitative estimate of drug-likeness (QED) is 0.782. The van der Waals surface area contributed by atoms with E-state index in [1.54, 1.807) is 31.0 Å². The summed E-state index contributed by atoms with van der Waals surface area (Å²) >= 11 is 0. The molecular weight excluding hydrogens is 328 g/mol. The topological polar surface area (TPSA) is 83.9 Å². The summed E-state index contributed by atoms with van der Waals surface area (Å²) in [6, 6.07) is 3.82. The second-order valence-electron chi connectivity index (χ2n) is 6.64. The number of hydrogen-bond donors (Lipinski definition) is 1. The monoisotopic (exact) mass is 348 g/mol. The van der Waals surface area contributed by atoms with Crippen LogP contribution in [-0.2, 0) is 4.79 Å². The van der Waals surface area contributed by atoms with Crippen LogP contribution in [-0.4, -0.2) is 50.9 Å². The molecule has 7 nitrogen and oxygen atoms in total. The first kappa shape index (κ1) is 16.5. The molecule has 0 aromatic carbocycles. The average molecular weight is 348 g/mol. The number of fused-ring (bicyclic) bond motifs is 1. The zero-order valence-electron chi connectivity index (χ0n) is 14.6. The Labute approximate surface area is 151 Å². The fraction of sp³-hybridized carbons (Fsp3) is 0.316. The number of carbonyl (C=O) groups is 1. The molecule has 1 aliphatic heterocycles. The highest BCUT2D eigenvalue weighted by atomic mass is 16.1. The van der Waals surface area contributed by atoms with Crippen molar-refractivity contribution in [2.45, 2.75) is 12.8 Å². The van der Waals surface area contributed by atoms with Crippen LogP contribution in [0.4, 0.5) is 5.82 Å². The van der Waals surface area contributed by atoms with Crippen molar-refractivity contribution >= 4 is 22.5 Å². The van der Waals surface area contributed by atoms with Crippen LogP contribution in [0.2, 0.25) is 0 Å². The van der Waals surface area contributed by atoms with E-state index in [4.69, 9.17) is 0 Å². The molecule has 3 aromatic heterocycles. The van der Waals surface area contributed by atoms with Crippen LogP contribution < -0.4 is 5.32 Å². The Morgan fingerprint density at radius 2 is 1.81 bits per heavy atom. The average Bonchev–Trinajstić information content (AvgIpc) is 2.68. The van der Waals surface area contributed by atoms with E-state index in [9.17, 15) is 4.79 Å². The predicted molar refractivity (Wildman–Crippen MR) is 99.4 cm³/mol. The molecule has 1 N–H and O–H groups in total. The van der Waals surface area contributed by atoms with Crippen molar-refractivity contribution in [1.29, 1.82) is 0 Å². The normalized spacial score (nSPS) is 15.9. The van der Waals surface area contributed by atoms with Crippen molar-refractivity contribution < 1.29 is 4.79 Å². The SMILES string of the molecule is CN1CCC(C(=O)Nc2cc3cc(-c4cnccn4)ncc3cn2)CC1. The van der Waals surface area contributed by atoms with Gasteiger partial charge in [0.25, 0.3) is 0 Å². The molecule has 4 heterocycles. The number of pyridine rings is 2. The van der Waals surface area contributed by atoms with Gasteiger partial charge in [-0.1, -0.05) is 0 Å². The largest absolute Gasteiger partial charge is 0.310 e. The lowest BCUT2D eigenvalue weighted by atomic mass is 9.96. The summed E-state index contributed by atoms with van der Waals surface area (Å²) in [5.74, 6) is 0.669. The fourth-order valence-corrected chi connectivity index (χ4v) is 3.18. The van der Waals surface area contributed by atoms with E-state index >= 15 is 0 Å². The maximum Gasteiger partial charge on any atom is 0.228 e. The van der Waals surface area contributed by atoms with E-state index in [0.717, 1.165) is 42.4 Å². The Morgan fingerprint density at radius 1 is 1.00 bits per heavy atom. The smallest absolute Gasteiger partial charge is 0.228 e. The third kappa shape index (κ3) is 3.52. The maximum absolute atomic E-state index is 12.5. The van der Waals surface area contributed by atoms with Crippen molar-refractivity contribution in [1.82, 2.24) is 24.8 Å². The number of amides is 1. The minimum absolute atomic E-state index is 0.0492. The molecule has 0 radical (unpaired) electrons. The first-order chi connectivity index (χ1) is 12.7. The van der Waals surface area contributed by atoms with E-state index in [1.807, 2.05) is 12.1 Å². The minimum atomic E-state index is 0.0492. The first-order valence-corrected chi connectivity index (χ1v) is 8.70. The molecule has 0 aliphatic carbocycles. The number of rotatable bonds is 3. The summed E-state index contributed by atoms with van der Waals surface area (Å²) in [4.78, 5) is 31.9. The molecule has 0 bridgehead atoms. The van der Waals surface area contributed by atoms with Gasteiger partial charge < -0.3 is 10.2 Å². The van der Waals surface area contributed by atoms with Crippen molar-refractivity contribution in [3.8, 4) is 11.4 Å². The lowest BCUT2D eigenvalue weighted by molar-refractivity contribution is -0.121. The summed E-state index contributed by atoms with van der Waals surface area (Å²) in [6.07, 6.45) is 10.2. The highest BCUT2D eigenvalue weighted by Crippen LogP contribution is 2.23. The molecule has 1 amide bonds. The minimum Gasteiger partial charge on any atom is -0.310 e. The van der Waals surface area contributed by atoms with Crippen LogP contribution in [0.3, 0.4) is 0 Å². The second kappa shape index (κ2) is 7.13. The highest BCUT2D eigenvalue weighted by molar-refractivity contribution is 5.94. The number of piperidine rings is 1. The molecule has 0 spiro atoms. The molecule has 1 aliphatic rings. The van der Waals surface area contributed by atoms with E-state index in [2.05, 4.69) is 37.2 Å². The van der Waals surface area contributed by atoms with E-state index in [1.165, 1.54) is 0 Å². The third-order valence-corrected chi connectivity index (χ3v) is 4.77. The molecule has 7 heteroatoms. The van der Waals surface area contributed by atoms with E-state index < -0.39 is 0 Å². The second-order valence-corrected chi connectivity index (χ2v) is 6.64. The van der Waals surface area contributed by atoms with Crippen LogP contribution in [0, 0.1) is 5.92 Å². The Morgan fingerprint density at radius 3 is 2.58 bits per heavy atom. The number of aromatic nitrogens is 4. The highest BCUT2D eigenvalue weighted by Gasteiger charge is 2.23. The van der Waals surface area contributed by atoms with Gasteiger partial charge in [0.15, 0.2) is 0 Å². The van der Waals surface area contributed by atoms with E-state index in [-0.39, 0.29) is 11.8 Å². The Balaban J connectivity index is 1.55. The van der Waals surface area contributed by atoms with Crippen molar-refractivity contribution in [2.24, 2.45) is 5.92 Å². The number of nitrogens with one attached hydrogen (secondary N) is 1. The van der Waals surface area contributed by atoms with Gasteiger partial charge in [-0.25, -0.2) is 4.98 Å². The van der Waals surface area contributed by atoms with Crippen LogP contribution in [0.5, 0.6) is 0 Å². The summed E-state index contributed by atoms with van der Waals surface area (Å²) in [5, 5.41) is 4.83. The van der Waals surface area contributed by atoms with Crippen LogP contribution in [0.15, 0.2) is 43.1 Å². The van der Waals surface area contributed by atoms with Gasteiger partial charge in [0.05, 0.1) is 11.9 Å². The molecule has 132 valence electrons. The fourth-order valence-electron chi connectivity index (χ4n) is 3.18. The lowest BCUT2D eigenvalue weighted by Gasteiger charge is -2.27. The van der Waals surface area contributed by atoms with Gasteiger partial charge in [-0.2, -0.15) is 0 Å². The van der Waals surface area contributed by atoms with E-state index in [0.29, 0.717) is 11.5 Å². The number of anilines is 1. The molecule has 0 saturated carbocycles. The van der Waals surface area contributed by atoms with Crippen LogP contribution in [0.25, 0.3) is 22.2 Å². The van der Waals surface area contributed by atoms with Crippen LogP contribution >= 0.6 is 0 Å². The summed E-state index contributed by atoms with van der Waals surface area (Å²) < 4.78 is 0. The van der Waals surface area contributed by atoms with Gasteiger partial charge >= 0.3 is 0 Å². The standard InChI is InChI=1S/C19H20N6O/c1-25-6-2-13(3-7-25)19(26)24-18-9-14-8-16(17-12-20-4-5-21-17)22-10-15(14)11-23-18/h4-5,8-13H,2-3,6-7H2,1H3,(H,23,24,26). The zero-order chi connectivity index (χ0) is 17.9. The number of hydrogen-bond acceptors (Lipinski definition) is 6. The molecule has 1 fully saturated rings. The summed E-state index contributed by atoms with van der Waals surface area (Å²) in [7, 11) is 2.09. The Hall–Kier alpha value is -2.93. The molecule has 0 unspecified atom stereocenters. The first-order valence-electron chi connectivity index (χ1n) is 8.70. The molecule has 1 saturated heterocycles. The van der Waals surface area contributed by atoms with Crippen molar-refractivity contribution in [2.75, 3.05) is 25.5 Å². The summed E-state index contributed by atoms with van der Waals surface area (Å²) in [6.45, 7) is 1.91. The van der Waals surface area contributed by atoms with Gasteiger partial charge in [0, 0.05) is 36.1 Å². The maximum atomic E-state index is 12.5. The van der Waals surface area contributed by atoms with Gasteiger partial charge in [0.2, 0.25) is 5.91 Å². The molecule has 0 atom stereocenters. The van der Waals surface area contributed by atoms with Crippen molar-refractivity contribution in [3.05, 3.63) is 43.1 Å². The van der Waals surface area contributed by atoms with Gasteiger partial charge in [-0.05, 0) is 50.5 Å². The Bertz CT molecular complexity index is 922. The third-order valence-electron chi connectivity index (χ3n) is 4.77. The number of likely N-dealkylation sites (tertiary alicyclic amines) is 1. The Kier molecular flexibility index (Phi) is 4.53. The number of carbonyl (C=O) groups excluding carboxylic acids is 1. The van der Waals surface area contributed by atoms with Crippen molar-refractivity contribution in [3.63, 3.8) is 0 Å². The molecular formula is C19H20N6O. The number of nitrogens with zero attached hydrogens (tertiary/aromatic N) is 5. The molecule has 26 heavy (non-hydrogen) atoms. The zero-order valence-corrected chi connectivity index (χ0v) is 14.6. The van der Waals surface area contributed by atoms with Gasteiger partial charge in [0.1, 0.15) is 11.5 Å². The van der Waals surface area contributed by atoms with Gasteiger partial charge in [-0.3, -0.25) is 19.7 Å². The van der Waals surface area contributed by atoms with Gasteiger partial charge in [-0.15, -0.1) is 0 Å². The molecule has 4 rings (SSSR count). The molecule has 3 aromatic rings. The predicted octanol–water partition coefficient (Wildman–Crippen LogP) is 2.37. The summed E-state index contributed by atoms with van der Waals surface area (Å²) in [5.41, 5.74) is 1.45. The van der Waals surface area contributed by atoms with Crippen LogP contribution in [0.1, 0.15) is 12.8 Å².